The van der Waals surface area contributed by atoms with E-state index in [0.717, 1.165) is 85.7 Å². The lowest BCUT2D eigenvalue weighted by Gasteiger charge is -2.32. The number of rotatable bonds is 7. The highest BCUT2D eigenvalue weighted by Crippen LogP contribution is 2.36. The van der Waals surface area contributed by atoms with Crippen LogP contribution < -0.4 is 33.6 Å². The molecule has 0 fully saturated rings. The number of aromatic amines is 1. The van der Waals surface area contributed by atoms with Gasteiger partial charge in [-0.25, -0.2) is 9.97 Å². The molecule has 12 nitrogen and oxygen atoms in total. The molecule has 1 N–H and O–H groups in total. The fraction of sp³-hybridized carbons (Fsp3) is 0.333. The third-order valence-corrected chi connectivity index (χ3v) is 15.1. The van der Waals surface area contributed by atoms with Gasteiger partial charge >= 0.3 is 0 Å². The van der Waals surface area contributed by atoms with Crippen molar-refractivity contribution in [2.75, 3.05) is 48.2 Å². The highest BCUT2D eigenvalue weighted by molar-refractivity contribution is 5.77. The Balaban J connectivity index is 0.000000122. The number of fused-ring (bicyclic) bond motifs is 5. The van der Waals surface area contributed by atoms with E-state index in [-0.39, 0.29) is 16.2 Å². The maximum absolute atomic E-state index is 5.92. The van der Waals surface area contributed by atoms with Crippen LogP contribution in [0.15, 0.2) is 183 Å². The number of aromatic nitrogens is 4. The topological polar surface area (TPSA) is 96.4 Å². The second kappa shape index (κ2) is 24.7. The fourth-order valence-electron chi connectivity index (χ4n) is 10.2. The number of imidazole rings is 2. The molecule has 0 radical (unpaired) electrons. The minimum atomic E-state index is 0.136. The van der Waals surface area contributed by atoms with Crippen LogP contribution in [-0.2, 0) is 49.0 Å². The van der Waals surface area contributed by atoms with Gasteiger partial charge in [0.2, 0.25) is 5.95 Å². The molecule has 0 saturated carbocycles. The first-order valence-electron chi connectivity index (χ1n) is 28.5. The van der Waals surface area contributed by atoms with E-state index >= 15 is 0 Å². The van der Waals surface area contributed by atoms with Crippen molar-refractivity contribution in [3.05, 3.63) is 221 Å². The summed E-state index contributed by atoms with van der Waals surface area (Å²) in [7, 11) is 0. The standard InChI is InChI=1S/C19H21N3O.C18H25N3O.C18H21NO.C14H13NO/c1-19(2,3)14-8-9-17-13(10-14)11-22(12-23-17)18-20-15-6-4-5-7-16(15)21-18;1-18(2,3)16-5-6-17-15(11-16)12-21(14-22-17)9-4-8-20-10-7-19-13-20;1-18(2,3)15-9-10-17-14(11-15)12-19(13-20-17)16-7-5-4-6-8-16;1-2-7-13(8-3-1)15-10-12-6-4-5-9-14(12)16-11-15/h4-10H,11-12H2,1-3H3,(H,20,21);5-7,10-11,13H,4,8-9,12,14H2,1-3H3;4-11H,12-13H2,1-3H3;1-9H,10-11H2. The van der Waals surface area contributed by atoms with E-state index in [2.05, 4.69) is 217 Å². The molecule has 0 aliphatic carbocycles. The van der Waals surface area contributed by atoms with Gasteiger partial charge in [0.05, 0.1) is 23.9 Å². The lowest BCUT2D eigenvalue weighted by atomic mass is 9.86. The Morgan fingerprint density at radius 3 is 1.43 bits per heavy atom. The first kappa shape index (κ1) is 56.1. The summed E-state index contributed by atoms with van der Waals surface area (Å²) in [5, 5.41) is 0. The largest absolute Gasteiger partial charge is 0.478 e. The Bertz CT molecular complexity index is 3440. The molecule has 4 aliphatic rings. The molecule has 0 bridgehead atoms. The molecule has 9 aromatic rings. The molecule has 0 amide bonds. The van der Waals surface area contributed by atoms with Crippen LogP contribution >= 0.6 is 0 Å². The smallest absolute Gasteiger partial charge is 0.206 e. The molecule has 0 unspecified atom stereocenters. The Kier molecular flexibility index (Phi) is 17.1. The minimum absolute atomic E-state index is 0.136. The van der Waals surface area contributed by atoms with E-state index < -0.39 is 0 Å². The van der Waals surface area contributed by atoms with Crippen LogP contribution in [0.2, 0.25) is 0 Å². The number of anilines is 3. The summed E-state index contributed by atoms with van der Waals surface area (Å²) in [4.78, 5) is 21.1. The van der Waals surface area contributed by atoms with E-state index in [4.69, 9.17) is 18.9 Å². The van der Waals surface area contributed by atoms with Gasteiger partial charge in [0.1, 0.15) is 29.7 Å². The Hall–Kier alpha value is -8.22. The number of aryl methyl sites for hydroxylation is 1. The summed E-state index contributed by atoms with van der Waals surface area (Å²) in [6, 6.07) is 56.8. The van der Waals surface area contributed by atoms with Gasteiger partial charge in [-0.05, 0) is 112 Å². The quantitative estimate of drug-likeness (QED) is 0.166. The summed E-state index contributed by atoms with van der Waals surface area (Å²) in [6.07, 6.45) is 6.82. The van der Waals surface area contributed by atoms with Gasteiger partial charge in [0, 0.05) is 78.7 Å². The molecule has 12 heteroatoms. The third kappa shape index (κ3) is 14.4. The average Bonchev–Trinajstić information content (AvgIpc) is 4.34. The van der Waals surface area contributed by atoms with Crippen LogP contribution in [0.3, 0.4) is 0 Å². The van der Waals surface area contributed by atoms with Crippen molar-refractivity contribution in [1.29, 1.82) is 0 Å². The molecule has 4 aliphatic heterocycles. The van der Waals surface area contributed by atoms with E-state index in [9.17, 15) is 0 Å². The number of hydrogen-bond donors (Lipinski definition) is 1. The van der Waals surface area contributed by atoms with Crippen molar-refractivity contribution < 1.29 is 18.9 Å². The van der Waals surface area contributed by atoms with Crippen LogP contribution in [0.1, 0.15) is 108 Å². The monoisotopic (exact) mass is 1080 g/mol. The molecule has 13 rings (SSSR count). The van der Waals surface area contributed by atoms with E-state index in [0.29, 0.717) is 26.9 Å². The summed E-state index contributed by atoms with van der Waals surface area (Å²) >= 11 is 0. The van der Waals surface area contributed by atoms with E-state index in [1.807, 2.05) is 67.3 Å². The van der Waals surface area contributed by atoms with Crippen molar-refractivity contribution in [3.8, 4) is 23.0 Å². The first-order chi connectivity index (χ1) is 39.0. The van der Waals surface area contributed by atoms with Gasteiger partial charge in [0.15, 0.2) is 20.2 Å². The summed E-state index contributed by atoms with van der Waals surface area (Å²) in [5.74, 6) is 4.90. The maximum Gasteiger partial charge on any atom is 0.206 e. The Labute approximate surface area is 479 Å². The third-order valence-electron chi connectivity index (χ3n) is 15.1. The lowest BCUT2D eigenvalue weighted by molar-refractivity contribution is 0.0929. The molecular formula is C69H80N8O4. The second-order valence-electron chi connectivity index (χ2n) is 24.5. The maximum atomic E-state index is 5.92. The van der Waals surface area contributed by atoms with Crippen molar-refractivity contribution in [3.63, 3.8) is 0 Å². The highest BCUT2D eigenvalue weighted by atomic mass is 16.5. The number of benzene rings is 7. The fourth-order valence-corrected chi connectivity index (χ4v) is 10.2. The molecule has 6 heterocycles. The van der Waals surface area contributed by atoms with Gasteiger partial charge in [0.25, 0.3) is 0 Å². The van der Waals surface area contributed by atoms with Crippen LogP contribution in [0.4, 0.5) is 17.3 Å². The second-order valence-corrected chi connectivity index (χ2v) is 24.5. The number of H-pyrrole nitrogens is 1. The Morgan fingerprint density at radius 2 is 0.901 bits per heavy atom. The number of ether oxygens (including phenoxy) is 4. The zero-order valence-corrected chi connectivity index (χ0v) is 48.9. The van der Waals surface area contributed by atoms with Crippen LogP contribution in [0.25, 0.3) is 11.0 Å². The van der Waals surface area contributed by atoms with Crippen molar-refractivity contribution in [2.24, 2.45) is 0 Å². The summed E-state index contributed by atoms with van der Waals surface area (Å²) < 4.78 is 25.5. The van der Waals surface area contributed by atoms with Gasteiger partial charge in [-0.2, -0.15) is 0 Å². The summed E-state index contributed by atoms with van der Waals surface area (Å²) in [5.41, 5.74) is 14.0. The van der Waals surface area contributed by atoms with Crippen LogP contribution in [0.5, 0.6) is 23.0 Å². The number of hydrogen-bond acceptors (Lipinski definition) is 10. The van der Waals surface area contributed by atoms with Crippen molar-refractivity contribution in [1.82, 2.24) is 24.4 Å². The van der Waals surface area contributed by atoms with Gasteiger partial charge in [-0.3, -0.25) is 4.90 Å². The van der Waals surface area contributed by atoms with E-state index in [1.54, 1.807) is 0 Å². The van der Waals surface area contributed by atoms with Gasteiger partial charge in [-0.15, -0.1) is 0 Å². The normalized spacial score (nSPS) is 14.8. The number of nitrogens with one attached hydrogen (secondary N) is 1. The van der Waals surface area contributed by atoms with Crippen LogP contribution in [0, 0.1) is 0 Å². The van der Waals surface area contributed by atoms with Crippen molar-refractivity contribution in [2.45, 2.75) is 118 Å². The van der Waals surface area contributed by atoms with Gasteiger partial charge < -0.3 is 43.2 Å². The zero-order chi connectivity index (χ0) is 56.6. The number of para-hydroxylation sites is 5. The molecule has 420 valence electrons. The number of nitrogens with zero attached hydrogens (tertiary/aromatic N) is 7. The predicted molar refractivity (Wildman–Crippen MR) is 329 cm³/mol. The molecule has 0 atom stereocenters. The molecular weight excluding hydrogens is 1000 g/mol. The van der Waals surface area contributed by atoms with Gasteiger partial charge in [-0.1, -0.05) is 153 Å². The molecule has 0 saturated heterocycles. The first-order valence-corrected chi connectivity index (χ1v) is 28.5. The van der Waals surface area contributed by atoms with Crippen LogP contribution in [-0.4, -0.2) is 57.9 Å². The highest BCUT2D eigenvalue weighted by Gasteiger charge is 2.25. The Morgan fingerprint density at radius 1 is 0.444 bits per heavy atom. The van der Waals surface area contributed by atoms with Crippen molar-refractivity contribution >= 4 is 28.4 Å². The average molecular weight is 1090 g/mol. The summed E-state index contributed by atoms with van der Waals surface area (Å²) in [6.45, 7) is 28.3. The SMILES string of the molecule is CC(C)(C)c1ccc2c(c1)CN(CCCn1ccnc1)CO2.CC(C)(C)c1ccc2c(c1)CN(c1ccccc1)CO2.CC(C)(C)c1ccc2c(c1)CN(c1nc3ccccc3[nH]1)CO2.c1ccc(N2COc3ccccc3C2)cc1. The molecule has 0 spiro atoms. The zero-order valence-electron chi connectivity index (χ0n) is 48.9. The predicted octanol–water partition coefficient (Wildman–Crippen LogP) is 15.0. The lowest BCUT2D eigenvalue weighted by Crippen LogP contribution is -2.33. The minimum Gasteiger partial charge on any atom is -0.478 e. The molecule has 7 aromatic carbocycles. The molecule has 2 aromatic heterocycles. The van der Waals surface area contributed by atoms with E-state index in [1.165, 1.54) is 50.3 Å². The molecule has 81 heavy (non-hydrogen) atoms.